The summed E-state index contributed by atoms with van der Waals surface area (Å²) in [5.74, 6) is 5.40. The molecule has 3 N–H and O–H groups in total. The van der Waals surface area contributed by atoms with Crippen molar-refractivity contribution in [1.82, 2.24) is 5.43 Å². The van der Waals surface area contributed by atoms with Crippen molar-refractivity contribution < 1.29 is 4.39 Å². The van der Waals surface area contributed by atoms with Gasteiger partial charge in [-0.1, -0.05) is 37.9 Å². The van der Waals surface area contributed by atoms with Crippen molar-refractivity contribution in [3.63, 3.8) is 0 Å². The molecule has 0 aliphatic heterocycles. The Hall–Kier alpha value is -0.640. The molecule has 0 saturated carbocycles. The highest BCUT2D eigenvalue weighted by molar-refractivity contribution is 6.30. The molecule has 15 heavy (non-hydrogen) atoms. The molecule has 0 radical (unpaired) electrons. The van der Waals surface area contributed by atoms with Gasteiger partial charge in [0.1, 0.15) is 5.82 Å². The number of rotatable bonds is 4. The van der Waals surface area contributed by atoms with E-state index in [-0.39, 0.29) is 11.1 Å². The van der Waals surface area contributed by atoms with E-state index in [0.717, 1.165) is 12.0 Å². The first-order chi connectivity index (χ1) is 7.10. The van der Waals surface area contributed by atoms with Crippen molar-refractivity contribution in [3.05, 3.63) is 34.6 Å². The van der Waals surface area contributed by atoms with Gasteiger partial charge < -0.3 is 0 Å². The van der Waals surface area contributed by atoms with Crippen LogP contribution in [0.15, 0.2) is 18.2 Å². The van der Waals surface area contributed by atoms with E-state index < -0.39 is 5.82 Å². The Morgan fingerprint density at radius 2 is 2.20 bits per heavy atom. The molecule has 2 atom stereocenters. The number of nitrogens with one attached hydrogen (secondary N) is 1. The monoisotopic (exact) mass is 230 g/mol. The van der Waals surface area contributed by atoms with E-state index in [9.17, 15) is 4.39 Å². The number of benzene rings is 1. The van der Waals surface area contributed by atoms with E-state index in [0.29, 0.717) is 5.92 Å². The first kappa shape index (κ1) is 12.4. The average molecular weight is 231 g/mol. The Kier molecular flexibility index (Phi) is 4.51. The van der Waals surface area contributed by atoms with Gasteiger partial charge in [0.05, 0.1) is 5.02 Å². The summed E-state index contributed by atoms with van der Waals surface area (Å²) >= 11 is 5.62. The molecule has 0 spiro atoms. The largest absolute Gasteiger partial charge is 0.271 e. The van der Waals surface area contributed by atoms with Crippen LogP contribution >= 0.6 is 11.6 Å². The molecule has 1 aromatic carbocycles. The summed E-state index contributed by atoms with van der Waals surface area (Å²) in [7, 11) is 0. The van der Waals surface area contributed by atoms with Gasteiger partial charge in [0.2, 0.25) is 0 Å². The number of halogens is 2. The number of hydrazine groups is 1. The number of nitrogens with two attached hydrogens (primary N) is 1. The summed E-state index contributed by atoms with van der Waals surface area (Å²) in [5, 5.41) is 0.138. The highest BCUT2D eigenvalue weighted by Crippen LogP contribution is 2.26. The molecule has 4 heteroatoms. The minimum atomic E-state index is -0.405. The van der Waals surface area contributed by atoms with Gasteiger partial charge in [0.25, 0.3) is 0 Å². The lowest BCUT2D eigenvalue weighted by Crippen LogP contribution is -2.32. The van der Waals surface area contributed by atoms with Gasteiger partial charge in [-0.15, -0.1) is 0 Å². The van der Waals surface area contributed by atoms with Crippen LogP contribution in [-0.2, 0) is 0 Å². The van der Waals surface area contributed by atoms with Gasteiger partial charge in [-0.2, -0.15) is 0 Å². The van der Waals surface area contributed by atoms with E-state index in [1.807, 2.05) is 0 Å². The predicted molar refractivity (Wildman–Crippen MR) is 60.9 cm³/mol. The van der Waals surface area contributed by atoms with Crippen LogP contribution in [0.4, 0.5) is 4.39 Å². The zero-order valence-corrected chi connectivity index (χ0v) is 9.68. The maximum absolute atomic E-state index is 13.2. The van der Waals surface area contributed by atoms with Crippen molar-refractivity contribution in [2.24, 2.45) is 11.8 Å². The third kappa shape index (κ3) is 2.91. The molecule has 1 rings (SSSR count). The lowest BCUT2D eigenvalue weighted by atomic mass is 9.93. The van der Waals surface area contributed by atoms with E-state index in [2.05, 4.69) is 19.3 Å². The molecular formula is C11H16ClFN2. The summed E-state index contributed by atoms with van der Waals surface area (Å²) in [4.78, 5) is 0. The highest BCUT2D eigenvalue weighted by Gasteiger charge is 2.17. The van der Waals surface area contributed by atoms with Crippen molar-refractivity contribution in [3.8, 4) is 0 Å². The van der Waals surface area contributed by atoms with Crippen LogP contribution < -0.4 is 11.3 Å². The predicted octanol–water partition coefficient (Wildman–Crippen LogP) is 3.03. The van der Waals surface area contributed by atoms with Gasteiger partial charge in [-0.3, -0.25) is 11.3 Å². The highest BCUT2D eigenvalue weighted by atomic mass is 35.5. The zero-order valence-electron chi connectivity index (χ0n) is 8.93. The molecule has 0 heterocycles. The molecule has 0 fully saturated rings. The fourth-order valence-corrected chi connectivity index (χ4v) is 1.65. The van der Waals surface area contributed by atoms with Gasteiger partial charge in [-0.25, -0.2) is 4.39 Å². The fraction of sp³-hybridized carbons (Fsp3) is 0.455. The van der Waals surface area contributed by atoms with Crippen molar-refractivity contribution in [1.29, 1.82) is 0 Å². The first-order valence-corrected chi connectivity index (χ1v) is 5.39. The zero-order chi connectivity index (χ0) is 11.4. The lowest BCUT2D eigenvalue weighted by Gasteiger charge is -2.22. The molecule has 1 aromatic rings. The minimum Gasteiger partial charge on any atom is -0.271 e. The summed E-state index contributed by atoms with van der Waals surface area (Å²) < 4.78 is 13.2. The topological polar surface area (TPSA) is 38.0 Å². The molecule has 0 amide bonds. The average Bonchev–Trinajstić information content (AvgIpc) is 2.24. The van der Waals surface area contributed by atoms with Gasteiger partial charge in [0.15, 0.2) is 0 Å². The molecule has 0 bridgehead atoms. The Bertz CT molecular complexity index is 330. The molecule has 84 valence electrons. The van der Waals surface area contributed by atoms with E-state index >= 15 is 0 Å². The molecule has 2 nitrogen and oxygen atoms in total. The second-order valence-electron chi connectivity index (χ2n) is 3.70. The lowest BCUT2D eigenvalue weighted by molar-refractivity contribution is 0.381. The third-order valence-corrected chi connectivity index (χ3v) is 3.00. The van der Waals surface area contributed by atoms with Crippen LogP contribution in [0.2, 0.25) is 5.02 Å². The Labute approximate surface area is 94.6 Å². The van der Waals surface area contributed by atoms with E-state index in [1.54, 1.807) is 12.1 Å². The maximum atomic E-state index is 13.2. The van der Waals surface area contributed by atoms with Crippen LogP contribution in [-0.4, -0.2) is 0 Å². The van der Waals surface area contributed by atoms with Gasteiger partial charge in [-0.05, 0) is 23.6 Å². The molecule has 0 aromatic heterocycles. The smallest absolute Gasteiger partial charge is 0.142 e. The van der Waals surface area contributed by atoms with Crippen LogP contribution in [0.5, 0.6) is 0 Å². The SMILES string of the molecule is CCC(C)C(NN)c1ccc(Cl)c(F)c1. The van der Waals surface area contributed by atoms with Crippen LogP contribution in [0.25, 0.3) is 0 Å². The molecule has 2 unspecified atom stereocenters. The normalized spacial score (nSPS) is 15.0. The summed E-state index contributed by atoms with van der Waals surface area (Å²) in [5.41, 5.74) is 3.53. The standard InChI is InChI=1S/C11H16ClFN2/c1-3-7(2)11(15-14)8-4-5-9(12)10(13)6-8/h4-7,11,15H,3,14H2,1-2H3. The van der Waals surface area contributed by atoms with Crippen LogP contribution in [0, 0.1) is 11.7 Å². The molecule has 0 aliphatic rings. The number of hydrogen-bond donors (Lipinski definition) is 2. The Morgan fingerprint density at radius 1 is 1.53 bits per heavy atom. The van der Waals surface area contributed by atoms with E-state index in [4.69, 9.17) is 17.4 Å². The second kappa shape index (κ2) is 5.45. The quantitative estimate of drug-likeness (QED) is 0.617. The third-order valence-electron chi connectivity index (χ3n) is 2.70. The van der Waals surface area contributed by atoms with Crippen LogP contribution in [0.1, 0.15) is 31.9 Å². The number of hydrogen-bond acceptors (Lipinski definition) is 2. The van der Waals surface area contributed by atoms with Crippen LogP contribution in [0.3, 0.4) is 0 Å². The second-order valence-corrected chi connectivity index (χ2v) is 4.11. The Morgan fingerprint density at radius 3 is 2.67 bits per heavy atom. The summed E-state index contributed by atoms with van der Waals surface area (Å²) in [6.45, 7) is 4.14. The van der Waals surface area contributed by atoms with Gasteiger partial charge in [0, 0.05) is 6.04 Å². The molecule has 0 saturated heterocycles. The minimum absolute atomic E-state index is 0.0400. The maximum Gasteiger partial charge on any atom is 0.142 e. The first-order valence-electron chi connectivity index (χ1n) is 5.01. The van der Waals surface area contributed by atoms with Crippen molar-refractivity contribution >= 4 is 11.6 Å². The summed E-state index contributed by atoms with van der Waals surface area (Å²) in [6, 6.07) is 4.74. The molecular weight excluding hydrogens is 215 g/mol. The molecule has 0 aliphatic carbocycles. The van der Waals surface area contributed by atoms with E-state index in [1.165, 1.54) is 6.07 Å². The van der Waals surface area contributed by atoms with Crippen molar-refractivity contribution in [2.45, 2.75) is 26.3 Å². The summed E-state index contributed by atoms with van der Waals surface area (Å²) in [6.07, 6.45) is 0.971. The van der Waals surface area contributed by atoms with Gasteiger partial charge >= 0.3 is 0 Å². The Balaban J connectivity index is 2.97. The fourth-order valence-electron chi connectivity index (χ4n) is 1.53. The van der Waals surface area contributed by atoms with Crippen molar-refractivity contribution in [2.75, 3.05) is 0 Å².